The maximum absolute atomic E-state index is 11.7. The summed E-state index contributed by atoms with van der Waals surface area (Å²) in [4.78, 5) is 11.7. The molecule has 2 N–H and O–H groups in total. The van der Waals surface area contributed by atoms with Crippen molar-refractivity contribution in [3.63, 3.8) is 0 Å². The average Bonchev–Trinajstić information content (AvgIpc) is 2.88. The van der Waals surface area contributed by atoms with Gasteiger partial charge in [-0.15, -0.1) is 0 Å². The minimum atomic E-state index is -0.286. The van der Waals surface area contributed by atoms with Crippen LogP contribution < -0.4 is 5.32 Å². The molecule has 2 atom stereocenters. The zero-order valence-corrected chi connectivity index (χ0v) is 11.2. The van der Waals surface area contributed by atoms with Crippen molar-refractivity contribution in [1.82, 2.24) is 5.32 Å². The molecule has 1 aliphatic rings. The highest BCUT2D eigenvalue weighted by Gasteiger charge is 2.24. The molecular formula is C16H18N2O2. The van der Waals surface area contributed by atoms with Gasteiger partial charge in [-0.05, 0) is 36.6 Å². The minimum Gasteiger partial charge on any atom is -0.393 e. The monoisotopic (exact) mass is 270 g/mol. The summed E-state index contributed by atoms with van der Waals surface area (Å²) >= 11 is 0. The van der Waals surface area contributed by atoms with Crippen LogP contribution in [0.1, 0.15) is 30.4 Å². The van der Waals surface area contributed by atoms with Crippen molar-refractivity contribution in [2.45, 2.75) is 25.4 Å². The van der Waals surface area contributed by atoms with Gasteiger partial charge in [0.25, 0.3) is 0 Å². The summed E-state index contributed by atoms with van der Waals surface area (Å²) in [5.41, 5.74) is 1.39. The second-order valence-corrected chi connectivity index (χ2v) is 5.07. The number of nitrogens with one attached hydrogen (secondary N) is 1. The lowest BCUT2D eigenvalue weighted by atomic mass is 10.1. The standard InChI is InChI=1S/C16H18N2O2/c17-10-13-4-1-3-12(9-13)7-8-16(20)18-11-14-5-2-6-15(14)19/h1,3-4,7-9,14-15,19H,2,5-6,11H2,(H,18,20). The third kappa shape index (κ3) is 3.94. The van der Waals surface area contributed by atoms with Gasteiger partial charge in [0.1, 0.15) is 0 Å². The molecule has 4 nitrogen and oxygen atoms in total. The van der Waals surface area contributed by atoms with Crippen LogP contribution in [0.2, 0.25) is 0 Å². The van der Waals surface area contributed by atoms with E-state index in [2.05, 4.69) is 11.4 Å². The van der Waals surface area contributed by atoms with Crippen LogP contribution >= 0.6 is 0 Å². The molecule has 4 heteroatoms. The minimum absolute atomic E-state index is 0.175. The van der Waals surface area contributed by atoms with Crippen molar-refractivity contribution in [3.8, 4) is 6.07 Å². The Morgan fingerprint density at radius 2 is 2.35 bits per heavy atom. The fourth-order valence-corrected chi connectivity index (χ4v) is 2.43. The summed E-state index contributed by atoms with van der Waals surface area (Å²) in [5.74, 6) is 0.000674. The molecule has 0 radical (unpaired) electrons. The average molecular weight is 270 g/mol. The van der Waals surface area contributed by atoms with Gasteiger partial charge in [-0.25, -0.2) is 0 Å². The molecule has 1 amide bonds. The highest BCUT2D eigenvalue weighted by molar-refractivity contribution is 5.91. The van der Waals surface area contributed by atoms with Crippen LogP contribution in [0.4, 0.5) is 0 Å². The van der Waals surface area contributed by atoms with Gasteiger partial charge in [-0.1, -0.05) is 18.6 Å². The summed E-state index contributed by atoms with van der Waals surface area (Å²) in [7, 11) is 0. The molecule has 104 valence electrons. The number of hydrogen-bond acceptors (Lipinski definition) is 3. The fraction of sp³-hybridized carbons (Fsp3) is 0.375. The zero-order chi connectivity index (χ0) is 14.4. The third-order valence-corrected chi connectivity index (χ3v) is 3.60. The van der Waals surface area contributed by atoms with Crippen molar-refractivity contribution in [1.29, 1.82) is 5.26 Å². The third-order valence-electron chi connectivity index (χ3n) is 3.60. The van der Waals surface area contributed by atoms with E-state index in [0.29, 0.717) is 12.1 Å². The Morgan fingerprint density at radius 3 is 3.05 bits per heavy atom. The first-order valence-corrected chi connectivity index (χ1v) is 6.83. The second kappa shape index (κ2) is 6.88. The molecule has 0 saturated heterocycles. The highest BCUT2D eigenvalue weighted by atomic mass is 16.3. The molecule has 0 bridgehead atoms. The van der Waals surface area contributed by atoms with Gasteiger partial charge in [0.15, 0.2) is 0 Å². The second-order valence-electron chi connectivity index (χ2n) is 5.07. The molecule has 0 aromatic heterocycles. The van der Waals surface area contributed by atoms with Crippen molar-refractivity contribution >= 4 is 12.0 Å². The van der Waals surface area contributed by atoms with Gasteiger partial charge < -0.3 is 10.4 Å². The lowest BCUT2D eigenvalue weighted by Crippen LogP contribution is -2.31. The zero-order valence-electron chi connectivity index (χ0n) is 11.2. The van der Waals surface area contributed by atoms with E-state index in [0.717, 1.165) is 24.8 Å². The summed E-state index contributed by atoms with van der Waals surface area (Å²) in [6, 6.07) is 9.13. The molecule has 1 saturated carbocycles. The van der Waals surface area contributed by atoms with Crippen LogP contribution in [-0.2, 0) is 4.79 Å². The Balaban J connectivity index is 1.84. The Kier molecular flexibility index (Phi) is 4.91. The van der Waals surface area contributed by atoms with E-state index in [4.69, 9.17) is 5.26 Å². The quantitative estimate of drug-likeness (QED) is 0.820. The van der Waals surface area contributed by atoms with Gasteiger partial charge in [0.05, 0.1) is 17.7 Å². The maximum Gasteiger partial charge on any atom is 0.244 e. The summed E-state index contributed by atoms with van der Waals surface area (Å²) in [6.07, 6.45) is 5.68. The molecule has 0 heterocycles. The van der Waals surface area contributed by atoms with Crippen LogP contribution in [0, 0.1) is 17.2 Å². The number of hydrogen-bond donors (Lipinski definition) is 2. The summed E-state index contributed by atoms with van der Waals surface area (Å²) < 4.78 is 0. The van der Waals surface area contributed by atoms with Gasteiger partial charge in [0, 0.05) is 18.5 Å². The molecule has 1 fully saturated rings. The molecule has 2 unspecified atom stereocenters. The van der Waals surface area contributed by atoms with E-state index in [9.17, 15) is 9.90 Å². The molecule has 0 spiro atoms. The Bertz CT molecular complexity index is 546. The van der Waals surface area contributed by atoms with E-state index < -0.39 is 0 Å². The van der Waals surface area contributed by atoms with E-state index in [-0.39, 0.29) is 17.9 Å². The molecule has 2 rings (SSSR count). The van der Waals surface area contributed by atoms with E-state index >= 15 is 0 Å². The first-order chi connectivity index (χ1) is 9.69. The van der Waals surface area contributed by atoms with Gasteiger partial charge in [-0.2, -0.15) is 5.26 Å². The van der Waals surface area contributed by atoms with Crippen LogP contribution in [0.3, 0.4) is 0 Å². The number of aliphatic hydroxyl groups excluding tert-OH is 1. The number of nitriles is 1. The van der Waals surface area contributed by atoms with Crippen LogP contribution in [0.15, 0.2) is 30.3 Å². The van der Waals surface area contributed by atoms with Crippen LogP contribution in [-0.4, -0.2) is 23.7 Å². The summed E-state index contributed by atoms with van der Waals surface area (Å²) in [5, 5.41) is 21.3. The van der Waals surface area contributed by atoms with Crippen LogP contribution in [0.25, 0.3) is 6.08 Å². The van der Waals surface area contributed by atoms with Crippen LogP contribution in [0.5, 0.6) is 0 Å². The molecular weight excluding hydrogens is 252 g/mol. The first-order valence-electron chi connectivity index (χ1n) is 6.83. The topological polar surface area (TPSA) is 73.1 Å². The molecule has 20 heavy (non-hydrogen) atoms. The van der Waals surface area contributed by atoms with E-state index in [1.165, 1.54) is 6.08 Å². The molecule has 1 aromatic carbocycles. The normalized spacial score (nSPS) is 21.8. The predicted molar refractivity (Wildman–Crippen MR) is 76.5 cm³/mol. The Labute approximate surface area is 118 Å². The molecule has 1 aliphatic carbocycles. The fourth-order valence-electron chi connectivity index (χ4n) is 2.43. The number of aliphatic hydroxyl groups is 1. The van der Waals surface area contributed by atoms with Gasteiger partial charge in [-0.3, -0.25) is 4.79 Å². The van der Waals surface area contributed by atoms with Crippen molar-refractivity contribution in [2.24, 2.45) is 5.92 Å². The smallest absolute Gasteiger partial charge is 0.244 e. The van der Waals surface area contributed by atoms with Crippen molar-refractivity contribution < 1.29 is 9.90 Å². The lowest BCUT2D eigenvalue weighted by molar-refractivity contribution is -0.116. The number of amides is 1. The largest absolute Gasteiger partial charge is 0.393 e. The SMILES string of the molecule is N#Cc1cccc(C=CC(=O)NCC2CCCC2O)c1. The number of nitrogens with zero attached hydrogens (tertiary/aromatic N) is 1. The maximum atomic E-state index is 11.7. The van der Waals surface area contributed by atoms with E-state index in [1.54, 1.807) is 24.3 Å². The number of benzene rings is 1. The number of rotatable bonds is 4. The lowest BCUT2D eigenvalue weighted by Gasteiger charge is -2.13. The van der Waals surface area contributed by atoms with E-state index in [1.807, 2.05) is 6.07 Å². The highest BCUT2D eigenvalue weighted by Crippen LogP contribution is 2.24. The Hall–Kier alpha value is -2.12. The molecule has 1 aromatic rings. The predicted octanol–water partition coefficient (Wildman–Crippen LogP) is 1.85. The number of carbonyl (C=O) groups is 1. The van der Waals surface area contributed by atoms with Gasteiger partial charge >= 0.3 is 0 Å². The van der Waals surface area contributed by atoms with Gasteiger partial charge in [0.2, 0.25) is 5.91 Å². The molecule has 0 aliphatic heterocycles. The summed E-state index contributed by atoms with van der Waals surface area (Å²) in [6.45, 7) is 0.516. The Morgan fingerprint density at radius 1 is 1.50 bits per heavy atom. The van der Waals surface area contributed by atoms with Crippen molar-refractivity contribution in [2.75, 3.05) is 6.54 Å². The van der Waals surface area contributed by atoms with Crippen molar-refractivity contribution in [3.05, 3.63) is 41.5 Å². The number of carbonyl (C=O) groups excluding carboxylic acids is 1. The first kappa shape index (κ1) is 14.3.